The average molecular weight is 267 g/mol. The third kappa shape index (κ3) is 3.22. The molecule has 0 aliphatic carbocycles. The zero-order valence-corrected chi connectivity index (χ0v) is 11.5. The molecular formula is C14H19ClN2O. The number of likely N-dealkylation sites (tertiary alicyclic amines) is 1. The molecule has 1 amide bonds. The van der Waals surface area contributed by atoms with Crippen molar-refractivity contribution in [1.82, 2.24) is 9.88 Å². The predicted octanol–water partition coefficient (Wildman–Crippen LogP) is 3.31. The molecule has 0 aromatic carbocycles. The molecule has 0 radical (unpaired) electrons. The van der Waals surface area contributed by atoms with Crippen LogP contribution < -0.4 is 0 Å². The highest BCUT2D eigenvalue weighted by molar-refractivity contribution is 6.29. The van der Waals surface area contributed by atoms with E-state index in [1.807, 2.05) is 11.0 Å². The highest BCUT2D eigenvalue weighted by Gasteiger charge is 2.19. The van der Waals surface area contributed by atoms with Gasteiger partial charge in [0.15, 0.2) is 0 Å². The standard InChI is InChI=1S/C14H19ClN2O/c1-2-6-12-9-11(10-13(15)16-12)14(18)17-7-4-3-5-8-17/h9-10H,2-8H2,1H3. The van der Waals surface area contributed by atoms with E-state index in [1.165, 1.54) is 6.42 Å². The van der Waals surface area contributed by atoms with Crippen LogP contribution in [0.25, 0.3) is 0 Å². The van der Waals surface area contributed by atoms with Gasteiger partial charge in [-0.2, -0.15) is 0 Å². The second-order valence-corrected chi connectivity index (χ2v) is 5.16. The van der Waals surface area contributed by atoms with Crippen LogP contribution in [0.3, 0.4) is 0 Å². The maximum absolute atomic E-state index is 12.3. The number of hydrogen-bond acceptors (Lipinski definition) is 2. The molecule has 1 aromatic rings. The van der Waals surface area contributed by atoms with Gasteiger partial charge in [0.2, 0.25) is 0 Å². The summed E-state index contributed by atoms with van der Waals surface area (Å²) in [7, 11) is 0. The van der Waals surface area contributed by atoms with Gasteiger partial charge in [-0.1, -0.05) is 24.9 Å². The van der Waals surface area contributed by atoms with Gasteiger partial charge < -0.3 is 4.90 Å². The molecule has 1 aliphatic heterocycles. The molecule has 0 saturated carbocycles. The zero-order valence-electron chi connectivity index (χ0n) is 10.8. The van der Waals surface area contributed by atoms with E-state index in [2.05, 4.69) is 11.9 Å². The van der Waals surface area contributed by atoms with E-state index < -0.39 is 0 Å². The summed E-state index contributed by atoms with van der Waals surface area (Å²) < 4.78 is 0. The van der Waals surface area contributed by atoms with Crippen LogP contribution in [0.2, 0.25) is 5.15 Å². The van der Waals surface area contributed by atoms with E-state index in [9.17, 15) is 4.79 Å². The molecule has 1 aliphatic rings. The first-order valence-corrected chi connectivity index (χ1v) is 7.04. The highest BCUT2D eigenvalue weighted by atomic mass is 35.5. The van der Waals surface area contributed by atoms with Gasteiger partial charge in [0.1, 0.15) is 5.15 Å². The van der Waals surface area contributed by atoms with E-state index in [-0.39, 0.29) is 5.91 Å². The Morgan fingerprint density at radius 3 is 2.72 bits per heavy atom. The number of carbonyl (C=O) groups is 1. The van der Waals surface area contributed by atoms with Crippen molar-refractivity contribution in [3.05, 3.63) is 28.5 Å². The van der Waals surface area contributed by atoms with Gasteiger partial charge in [-0.05, 0) is 37.8 Å². The summed E-state index contributed by atoms with van der Waals surface area (Å²) in [4.78, 5) is 18.5. The van der Waals surface area contributed by atoms with Gasteiger partial charge in [0.05, 0.1) is 0 Å². The number of carbonyl (C=O) groups excluding carboxylic acids is 1. The molecule has 4 heteroatoms. The molecular weight excluding hydrogens is 248 g/mol. The van der Waals surface area contributed by atoms with Crippen LogP contribution in [0.5, 0.6) is 0 Å². The fraction of sp³-hybridized carbons (Fsp3) is 0.571. The first kappa shape index (κ1) is 13.3. The van der Waals surface area contributed by atoms with Crippen molar-refractivity contribution in [2.24, 2.45) is 0 Å². The van der Waals surface area contributed by atoms with E-state index in [0.717, 1.165) is 44.5 Å². The normalized spacial score (nSPS) is 15.8. The minimum Gasteiger partial charge on any atom is -0.339 e. The molecule has 0 atom stereocenters. The molecule has 2 rings (SSSR count). The van der Waals surface area contributed by atoms with Crippen LogP contribution in [-0.4, -0.2) is 28.9 Å². The topological polar surface area (TPSA) is 33.2 Å². The smallest absolute Gasteiger partial charge is 0.254 e. The van der Waals surface area contributed by atoms with Crippen LogP contribution in [0.4, 0.5) is 0 Å². The van der Waals surface area contributed by atoms with Crippen molar-refractivity contribution in [3.8, 4) is 0 Å². The predicted molar refractivity (Wildman–Crippen MR) is 73.0 cm³/mol. The Kier molecular flexibility index (Phi) is 4.59. The molecule has 18 heavy (non-hydrogen) atoms. The van der Waals surface area contributed by atoms with Crippen molar-refractivity contribution in [1.29, 1.82) is 0 Å². The number of piperidine rings is 1. The van der Waals surface area contributed by atoms with Crippen molar-refractivity contribution in [3.63, 3.8) is 0 Å². The molecule has 3 nitrogen and oxygen atoms in total. The monoisotopic (exact) mass is 266 g/mol. The number of pyridine rings is 1. The van der Waals surface area contributed by atoms with E-state index in [1.54, 1.807) is 6.07 Å². The molecule has 0 bridgehead atoms. The lowest BCUT2D eigenvalue weighted by Crippen LogP contribution is -2.35. The SMILES string of the molecule is CCCc1cc(C(=O)N2CCCCC2)cc(Cl)n1. The minimum atomic E-state index is 0.0938. The van der Waals surface area contributed by atoms with E-state index >= 15 is 0 Å². The lowest BCUT2D eigenvalue weighted by atomic mass is 10.1. The number of amides is 1. The Labute approximate surface area is 113 Å². The average Bonchev–Trinajstić information content (AvgIpc) is 2.38. The van der Waals surface area contributed by atoms with Gasteiger partial charge in [-0.15, -0.1) is 0 Å². The quantitative estimate of drug-likeness (QED) is 0.787. The zero-order chi connectivity index (χ0) is 13.0. The summed E-state index contributed by atoms with van der Waals surface area (Å²) in [5, 5.41) is 0.418. The van der Waals surface area contributed by atoms with Crippen LogP contribution in [-0.2, 0) is 6.42 Å². The minimum absolute atomic E-state index is 0.0938. The first-order chi connectivity index (χ1) is 8.70. The maximum Gasteiger partial charge on any atom is 0.254 e. The molecule has 1 aromatic heterocycles. The van der Waals surface area contributed by atoms with Crippen molar-refractivity contribution in [2.75, 3.05) is 13.1 Å². The maximum atomic E-state index is 12.3. The molecule has 1 saturated heterocycles. The van der Waals surface area contributed by atoms with Gasteiger partial charge >= 0.3 is 0 Å². The number of rotatable bonds is 3. The Bertz CT molecular complexity index is 428. The van der Waals surface area contributed by atoms with Gasteiger partial charge in [-0.25, -0.2) is 4.98 Å². The lowest BCUT2D eigenvalue weighted by Gasteiger charge is -2.26. The summed E-state index contributed by atoms with van der Waals surface area (Å²) in [6, 6.07) is 3.56. The molecule has 0 unspecified atom stereocenters. The first-order valence-electron chi connectivity index (χ1n) is 6.66. The third-order valence-electron chi connectivity index (χ3n) is 3.24. The number of hydrogen-bond donors (Lipinski definition) is 0. The molecule has 1 fully saturated rings. The van der Waals surface area contributed by atoms with Gasteiger partial charge in [-0.3, -0.25) is 4.79 Å². The van der Waals surface area contributed by atoms with Crippen LogP contribution in [0.1, 0.15) is 48.7 Å². The summed E-state index contributed by atoms with van der Waals surface area (Å²) in [5.74, 6) is 0.0938. The van der Waals surface area contributed by atoms with Crippen LogP contribution in [0, 0.1) is 0 Å². The van der Waals surface area contributed by atoms with Crippen LogP contribution in [0.15, 0.2) is 12.1 Å². The van der Waals surface area contributed by atoms with Gasteiger partial charge in [0, 0.05) is 24.3 Å². The largest absolute Gasteiger partial charge is 0.339 e. The summed E-state index contributed by atoms with van der Waals surface area (Å²) >= 11 is 5.99. The summed E-state index contributed by atoms with van der Waals surface area (Å²) in [5.41, 5.74) is 1.59. The third-order valence-corrected chi connectivity index (χ3v) is 3.44. The second-order valence-electron chi connectivity index (χ2n) is 4.77. The number of nitrogens with zero attached hydrogens (tertiary/aromatic N) is 2. The Morgan fingerprint density at radius 2 is 2.06 bits per heavy atom. The molecule has 2 heterocycles. The van der Waals surface area contributed by atoms with Gasteiger partial charge in [0.25, 0.3) is 5.91 Å². The number of halogens is 1. The fourth-order valence-electron chi connectivity index (χ4n) is 2.34. The fourth-order valence-corrected chi connectivity index (χ4v) is 2.56. The lowest BCUT2D eigenvalue weighted by molar-refractivity contribution is 0.0724. The van der Waals surface area contributed by atoms with E-state index in [0.29, 0.717) is 10.7 Å². The number of aromatic nitrogens is 1. The Balaban J connectivity index is 2.18. The Hall–Kier alpha value is -1.09. The summed E-state index contributed by atoms with van der Waals surface area (Å²) in [6.45, 7) is 3.82. The van der Waals surface area contributed by atoms with Crippen molar-refractivity contribution in [2.45, 2.75) is 39.0 Å². The van der Waals surface area contributed by atoms with Crippen molar-refractivity contribution >= 4 is 17.5 Å². The molecule has 0 N–H and O–H groups in total. The highest BCUT2D eigenvalue weighted by Crippen LogP contribution is 2.17. The Morgan fingerprint density at radius 1 is 1.33 bits per heavy atom. The number of aryl methyl sites for hydroxylation is 1. The second kappa shape index (κ2) is 6.19. The van der Waals surface area contributed by atoms with Crippen molar-refractivity contribution < 1.29 is 4.79 Å². The molecule has 0 spiro atoms. The summed E-state index contributed by atoms with van der Waals surface area (Å²) in [6.07, 6.45) is 5.30. The van der Waals surface area contributed by atoms with E-state index in [4.69, 9.17) is 11.6 Å². The molecule has 98 valence electrons. The van der Waals surface area contributed by atoms with Crippen LogP contribution >= 0.6 is 11.6 Å².